The number of aromatic nitrogens is 5. The van der Waals surface area contributed by atoms with Crippen molar-refractivity contribution in [2.75, 3.05) is 6.54 Å². The highest BCUT2D eigenvalue weighted by molar-refractivity contribution is 5.94. The maximum atomic E-state index is 13.6. The molecule has 0 bridgehead atoms. The number of fused-ring (bicyclic) bond motifs is 1. The average Bonchev–Trinajstić information content (AvgIpc) is 3.51. The van der Waals surface area contributed by atoms with E-state index in [9.17, 15) is 9.18 Å². The van der Waals surface area contributed by atoms with Crippen LogP contribution < -0.4 is 5.32 Å². The molecule has 0 saturated carbocycles. The van der Waals surface area contributed by atoms with Crippen LogP contribution in [0.5, 0.6) is 0 Å². The molecule has 7 nitrogen and oxygen atoms in total. The van der Waals surface area contributed by atoms with Crippen LogP contribution in [0.2, 0.25) is 0 Å². The van der Waals surface area contributed by atoms with Crippen molar-refractivity contribution in [3.63, 3.8) is 0 Å². The van der Waals surface area contributed by atoms with Gasteiger partial charge in [0, 0.05) is 48.4 Å². The lowest BCUT2D eigenvalue weighted by Crippen LogP contribution is -2.25. The standard InChI is InChI=1S/C25H21FN6O/c26-21-4-1-3-20(13-21)23-16-32-22(14-29-23)15-30-24(32)18-5-7-19(8-6-18)25(33)28-9-2-11-31-12-10-27-17-31/h1,3-8,10,12-17H,2,9,11H2,(H,28,33). The number of imidazole rings is 2. The number of halogens is 1. The Morgan fingerprint density at radius 2 is 1.88 bits per heavy atom. The molecule has 0 aliphatic carbocycles. The number of benzene rings is 2. The van der Waals surface area contributed by atoms with Crippen molar-refractivity contribution in [3.8, 4) is 22.6 Å². The second-order valence-corrected chi connectivity index (χ2v) is 7.65. The maximum absolute atomic E-state index is 13.6. The van der Waals surface area contributed by atoms with E-state index in [0.29, 0.717) is 23.4 Å². The Kier molecular flexibility index (Phi) is 5.63. The van der Waals surface area contributed by atoms with Gasteiger partial charge in [-0.2, -0.15) is 0 Å². The Morgan fingerprint density at radius 3 is 2.67 bits per heavy atom. The van der Waals surface area contributed by atoms with Gasteiger partial charge in [-0.05, 0) is 30.7 Å². The van der Waals surface area contributed by atoms with Crippen LogP contribution in [0.15, 0.2) is 85.8 Å². The molecule has 5 rings (SSSR count). The molecular formula is C25H21FN6O. The minimum atomic E-state index is -0.309. The molecule has 164 valence electrons. The highest BCUT2D eigenvalue weighted by Crippen LogP contribution is 2.24. The van der Waals surface area contributed by atoms with E-state index in [1.54, 1.807) is 43.1 Å². The molecule has 5 aromatic rings. The van der Waals surface area contributed by atoms with Crippen molar-refractivity contribution in [1.82, 2.24) is 29.2 Å². The van der Waals surface area contributed by atoms with Gasteiger partial charge in [-0.1, -0.05) is 24.3 Å². The number of aryl methyl sites for hydroxylation is 1. The summed E-state index contributed by atoms with van der Waals surface area (Å²) in [6.45, 7) is 1.39. The van der Waals surface area contributed by atoms with Crippen LogP contribution in [0.25, 0.3) is 28.2 Å². The molecule has 0 aliphatic rings. The molecule has 0 atom stereocenters. The number of carbonyl (C=O) groups excluding carboxylic acids is 1. The van der Waals surface area contributed by atoms with E-state index in [2.05, 4.69) is 20.3 Å². The summed E-state index contributed by atoms with van der Waals surface area (Å²) < 4.78 is 17.5. The SMILES string of the molecule is O=C(NCCCn1ccnc1)c1ccc(-c2ncc3cnc(-c4cccc(F)c4)cn23)cc1. The first kappa shape index (κ1) is 20.6. The minimum absolute atomic E-state index is 0.113. The first-order chi connectivity index (χ1) is 16.2. The predicted octanol–water partition coefficient (Wildman–Crippen LogP) is 4.22. The number of carbonyl (C=O) groups is 1. The van der Waals surface area contributed by atoms with E-state index in [-0.39, 0.29) is 11.7 Å². The van der Waals surface area contributed by atoms with E-state index in [1.807, 2.05) is 39.6 Å². The van der Waals surface area contributed by atoms with Gasteiger partial charge < -0.3 is 9.88 Å². The van der Waals surface area contributed by atoms with Crippen molar-refractivity contribution in [2.24, 2.45) is 0 Å². The monoisotopic (exact) mass is 440 g/mol. The van der Waals surface area contributed by atoms with Gasteiger partial charge in [0.2, 0.25) is 0 Å². The molecule has 0 unspecified atom stereocenters. The predicted molar refractivity (Wildman–Crippen MR) is 123 cm³/mol. The van der Waals surface area contributed by atoms with Gasteiger partial charge in [0.15, 0.2) is 0 Å². The summed E-state index contributed by atoms with van der Waals surface area (Å²) in [5.74, 6) is 0.297. The molecule has 0 fully saturated rings. The summed E-state index contributed by atoms with van der Waals surface area (Å²) in [5.41, 5.74) is 3.61. The summed E-state index contributed by atoms with van der Waals surface area (Å²) in [4.78, 5) is 25.4. The van der Waals surface area contributed by atoms with E-state index in [0.717, 1.165) is 29.9 Å². The average molecular weight is 440 g/mol. The molecule has 0 aliphatic heterocycles. The Hall–Kier alpha value is -4.33. The summed E-state index contributed by atoms with van der Waals surface area (Å²) in [7, 11) is 0. The second-order valence-electron chi connectivity index (χ2n) is 7.65. The number of nitrogens with zero attached hydrogens (tertiary/aromatic N) is 5. The third-order valence-corrected chi connectivity index (χ3v) is 5.38. The minimum Gasteiger partial charge on any atom is -0.352 e. The molecule has 0 radical (unpaired) electrons. The van der Waals surface area contributed by atoms with Crippen LogP contribution in [0.1, 0.15) is 16.8 Å². The lowest BCUT2D eigenvalue weighted by molar-refractivity contribution is 0.0952. The van der Waals surface area contributed by atoms with Gasteiger partial charge in [0.1, 0.15) is 11.6 Å². The number of nitrogens with one attached hydrogen (secondary N) is 1. The molecule has 3 heterocycles. The highest BCUT2D eigenvalue weighted by atomic mass is 19.1. The van der Waals surface area contributed by atoms with Gasteiger partial charge in [0.05, 0.1) is 29.9 Å². The summed E-state index contributed by atoms with van der Waals surface area (Å²) in [5, 5.41) is 2.94. The smallest absolute Gasteiger partial charge is 0.251 e. The Balaban J connectivity index is 1.30. The highest BCUT2D eigenvalue weighted by Gasteiger charge is 2.11. The molecule has 0 spiro atoms. The lowest BCUT2D eigenvalue weighted by Gasteiger charge is -2.08. The largest absolute Gasteiger partial charge is 0.352 e. The van der Waals surface area contributed by atoms with Crippen LogP contribution in [0.4, 0.5) is 4.39 Å². The third kappa shape index (κ3) is 4.50. The number of hydrogen-bond donors (Lipinski definition) is 1. The van der Waals surface area contributed by atoms with Crippen LogP contribution >= 0.6 is 0 Å². The maximum Gasteiger partial charge on any atom is 0.251 e. The zero-order chi connectivity index (χ0) is 22.6. The Bertz CT molecular complexity index is 1390. The van der Waals surface area contributed by atoms with Crippen LogP contribution in [-0.2, 0) is 6.54 Å². The van der Waals surface area contributed by atoms with Gasteiger partial charge >= 0.3 is 0 Å². The van der Waals surface area contributed by atoms with Crippen molar-refractivity contribution < 1.29 is 9.18 Å². The number of rotatable bonds is 7. The zero-order valence-corrected chi connectivity index (χ0v) is 17.7. The van der Waals surface area contributed by atoms with Gasteiger partial charge in [-0.15, -0.1) is 0 Å². The first-order valence-electron chi connectivity index (χ1n) is 10.6. The molecular weight excluding hydrogens is 419 g/mol. The zero-order valence-electron chi connectivity index (χ0n) is 17.7. The van der Waals surface area contributed by atoms with Crippen LogP contribution in [0.3, 0.4) is 0 Å². The molecule has 0 saturated heterocycles. The fourth-order valence-electron chi connectivity index (χ4n) is 3.66. The molecule has 3 aromatic heterocycles. The van der Waals surface area contributed by atoms with Crippen molar-refractivity contribution in [1.29, 1.82) is 0 Å². The summed E-state index contributed by atoms with van der Waals surface area (Å²) >= 11 is 0. The third-order valence-electron chi connectivity index (χ3n) is 5.38. The second kappa shape index (κ2) is 9.04. The van der Waals surface area contributed by atoms with Gasteiger partial charge in [0.25, 0.3) is 5.91 Å². The van der Waals surface area contributed by atoms with Gasteiger partial charge in [-0.3, -0.25) is 14.2 Å². The Labute approximate surface area is 189 Å². The topological polar surface area (TPSA) is 77.1 Å². The lowest BCUT2D eigenvalue weighted by atomic mass is 10.1. The van der Waals surface area contributed by atoms with E-state index >= 15 is 0 Å². The molecule has 2 aromatic carbocycles. The first-order valence-corrected chi connectivity index (χ1v) is 10.6. The van der Waals surface area contributed by atoms with Gasteiger partial charge in [-0.25, -0.2) is 14.4 Å². The molecule has 1 amide bonds. The van der Waals surface area contributed by atoms with E-state index < -0.39 is 0 Å². The fraction of sp³-hybridized carbons (Fsp3) is 0.120. The molecule has 1 N–H and O–H groups in total. The van der Waals surface area contributed by atoms with Crippen molar-refractivity contribution in [3.05, 3.63) is 97.2 Å². The summed E-state index contributed by atoms with van der Waals surface area (Å²) in [6.07, 6.45) is 11.5. The fourth-order valence-corrected chi connectivity index (χ4v) is 3.66. The van der Waals surface area contributed by atoms with Crippen molar-refractivity contribution >= 4 is 11.4 Å². The van der Waals surface area contributed by atoms with Crippen LogP contribution in [-0.4, -0.2) is 36.4 Å². The van der Waals surface area contributed by atoms with Crippen LogP contribution in [0, 0.1) is 5.82 Å². The quantitative estimate of drug-likeness (QED) is 0.385. The molecule has 33 heavy (non-hydrogen) atoms. The summed E-state index contributed by atoms with van der Waals surface area (Å²) in [6, 6.07) is 13.7. The normalized spacial score (nSPS) is 11.1. The van der Waals surface area contributed by atoms with Crippen molar-refractivity contribution in [2.45, 2.75) is 13.0 Å². The number of hydrogen-bond acceptors (Lipinski definition) is 4. The van der Waals surface area contributed by atoms with E-state index in [4.69, 9.17) is 0 Å². The Morgan fingerprint density at radius 1 is 1.03 bits per heavy atom. The molecule has 8 heteroatoms. The van der Waals surface area contributed by atoms with E-state index in [1.165, 1.54) is 12.1 Å². The number of amides is 1.